The fourth-order valence-corrected chi connectivity index (χ4v) is 2.72. The predicted octanol–water partition coefficient (Wildman–Crippen LogP) is 0.922. The fourth-order valence-electron chi connectivity index (χ4n) is 2.07. The number of nitrogens with one attached hydrogen (secondary N) is 1. The van der Waals surface area contributed by atoms with E-state index < -0.39 is 0 Å². The van der Waals surface area contributed by atoms with Gasteiger partial charge in [-0.25, -0.2) is 4.98 Å². The second-order valence-electron chi connectivity index (χ2n) is 4.60. The number of morpholine rings is 1. The SMILES string of the molecule is COc1nc(SC)nc(Cl)c1C(=O)NCCN1CCOCC1. The molecule has 0 radical (unpaired) electrons. The average molecular weight is 347 g/mol. The number of carbonyl (C=O) groups excluding carboxylic acids is 1. The van der Waals surface area contributed by atoms with Crippen molar-refractivity contribution in [3.8, 4) is 5.88 Å². The van der Waals surface area contributed by atoms with E-state index in [-0.39, 0.29) is 22.5 Å². The third-order valence-corrected chi connectivity index (χ3v) is 4.05. The Morgan fingerprint density at radius 1 is 1.45 bits per heavy atom. The molecule has 2 rings (SSSR count). The van der Waals surface area contributed by atoms with Crippen LogP contribution >= 0.6 is 23.4 Å². The van der Waals surface area contributed by atoms with Crippen molar-refractivity contribution in [1.82, 2.24) is 20.2 Å². The summed E-state index contributed by atoms with van der Waals surface area (Å²) in [6.45, 7) is 4.51. The molecule has 2 heterocycles. The van der Waals surface area contributed by atoms with Gasteiger partial charge in [0.15, 0.2) is 5.16 Å². The summed E-state index contributed by atoms with van der Waals surface area (Å²) in [5.74, 6) is -0.143. The first-order valence-electron chi connectivity index (χ1n) is 6.89. The number of nitrogens with zero attached hydrogens (tertiary/aromatic N) is 3. The molecule has 0 saturated carbocycles. The number of ether oxygens (including phenoxy) is 2. The highest BCUT2D eigenvalue weighted by Crippen LogP contribution is 2.25. The maximum absolute atomic E-state index is 12.3. The Balaban J connectivity index is 1.96. The highest BCUT2D eigenvalue weighted by molar-refractivity contribution is 7.98. The number of hydrogen-bond acceptors (Lipinski definition) is 7. The maximum Gasteiger partial charge on any atom is 0.259 e. The smallest absolute Gasteiger partial charge is 0.259 e. The summed E-state index contributed by atoms with van der Waals surface area (Å²) in [5.41, 5.74) is 0.170. The predicted molar refractivity (Wildman–Crippen MR) is 85.0 cm³/mol. The van der Waals surface area contributed by atoms with Crippen molar-refractivity contribution >= 4 is 29.3 Å². The van der Waals surface area contributed by atoms with Crippen molar-refractivity contribution in [3.63, 3.8) is 0 Å². The first kappa shape index (κ1) is 17.3. The zero-order chi connectivity index (χ0) is 15.9. The molecule has 22 heavy (non-hydrogen) atoms. The van der Waals surface area contributed by atoms with E-state index >= 15 is 0 Å². The molecule has 0 spiro atoms. The van der Waals surface area contributed by atoms with Gasteiger partial charge in [-0.15, -0.1) is 0 Å². The van der Waals surface area contributed by atoms with Crippen LogP contribution in [-0.2, 0) is 4.74 Å². The van der Waals surface area contributed by atoms with E-state index in [0.717, 1.165) is 32.8 Å². The van der Waals surface area contributed by atoms with E-state index in [1.807, 2.05) is 6.26 Å². The summed E-state index contributed by atoms with van der Waals surface area (Å²) in [5, 5.41) is 3.39. The van der Waals surface area contributed by atoms with E-state index in [1.54, 1.807) is 0 Å². The van der Waals surface area contributed by atoms with Crippen LogP contribution in [0.15, 0.2) is 5.16 Å². The molecule has 122 valence electrons. The Labute approximate surface area is 138 Å². The van der Waals surface area contributed by atoms with Gasteiger partial charge in [-0.1, -0.05) is 23.4 Å². The topological polar surface area (TPSA) is 76.6 Å². The van der Waals surface area contributed by atoms with E-state index in [9.17, 15) is 4.79 Å². The second-order valence-corrected chi connectivity index (χ2v) is 5.73. The van der Waals surface area contributed by atoms with E-state index in [2.05, 4.69) is 20.2 Å². The Morgan fingerprint density at radius 3 is 2.82 bits per heavy atom. The third kappa shape index (κ3) is 4.45. The van der Waals surface area contributed by atoms with Gasteiger partial charge in [0.2, 0.25) is 5.88 Å². The summed E-state index contributed by atoms with van der Waals surface area (Å²) in [7, 11) is 1.45. The van der Waals surface area contributed by atoms with Crippen LogP contribution in [-0.4, -0.2) is 73.5 Å². The molecular weight excluding hydrogens is 328 g/mol. The molecule has 1 amide bonds. The van der Waals surface area contributed by atoms with Crippen molar-refractivity contribution in [3.05, 3.63) is 10.7 Å². The molecule has 7 nitrogen and oxygen atoms in total. The summed E-state index contributed by atoms with van der Waals surface area (Å²) < 4.78 is 10.4. The minimum Gasteiger partial charge on any atom is -0.480 e. The summed E-state index contributed by atoms with van der Waals surface area (Å²) in [4.78, 5) is 22.7. The number of aromatic nitrogens is 2. The Bertz CT molecular complexity index is 526. The lowest BCUT2D eigenvalue weighted by Crippen LogP contribution is -2.41. The van der Waals surface area contributed by atoms with E-state index in [0.29, 0.717) is 11.7 Å². The Hall–Kier alpha value is -1.09. The molecule has 1 aliphatic heterocycles. The van der Waals surface area contributed by atoms with Crippen LogP contribution in [0.5, 0.6) is 5.88 Å². The van der Waals surface area contributed by atoms with Gasteiger partial charge in [0.05, 0.1) is 20.3 Å². The van der Waals surface area contributed by atoms with Gasteiger partial charge in [0.25, 0.3) is 5.91 Å². The van der Waals surface area contributed by atoms with Crippen LogP contribution in [0.2, 0.25) is 5.15 Å². The van der Waals surface area contributed by atoms with Gasteiger partial charge in [-0.05, 0) is 6.26 Å². The quantitative estimate of drug-likeness (QED) is 0.466. The first-order chi connectivity index (χ1) is 10.7. The molecule has 0 aromatic carbocycles. The molecule has 0 bridgehead atoms. The van der Waals surface area contributed by atoms with Gasteiger partial charge in [0, 0.05) is 26.2 Å². The molecule has 1 aromatic heterocycles. The number of halogens is 1. The maximum atomic E-state index is 12.3. The third-order valence-electron chi connectivity index (χ3n) is 3.23. The number of hydrogen-bond donors (Lipinski definition) is 1. The minimum absolute atomic E-state index is 0.0973. The Morgan fingerprint density at radius 2 is 2.18 bits per heavy atom. The molecule has 1 saturated heterocycles. The number of thioether (sulfide) groups is 1. The molecule has 0 atom stereocenters. The van der Waals surface area contributed by atoms with Crippen LogP contribution < -0.4 is 10.1 Å². The molecule has 1 aliphatic rings. The van der Waals surface area contributed by atoms with Crippen LogP contribution in [0, 0.1) is 0 Å². The van der Waals surface area contributed by atoms with Crippen LogP contribution in [0.4, 0.5) is 0 Å². The standard InChI is InChI=1S/C13H19ClN4O3S/c1-20-12-9(10(14)16-13(17-12)22-2)11(19)15-3-4-18-5-7-21-8-6-18/h3-8H2,1-2H3,(H,15,19). The van der Waals surface area contributed by atoms with Gasteiger partial charge < -0.3 is 14.8 Å². The second kappa shape index (κ2) is 8.52. The summed E-state index contributed by atoms with van der Waals surface area (Å²) in [6.07, 6.45) is 1.83. The molecule has 9 heteroatoms. The first-order valence-corrected chi connectivity index (χ1v) is 8.49. The number of rotatable bonds is 6. The monoisotopic (exact) mass is 346 g/mol. The molecule has 0 aliphatic carbocycles. The number of methoxy groups -OCH3 is 1. The van der Waals surface area contributed by atoms with Crippen molar-refractivity contribution in [2.75, 3.05) is 52.8 Å². The molecule has 1 N–H and O–H groups in total. The molecule has 1 aromatic rings. The van der Waals surface area contributed by atoms with Crippen molar-refractivity contribution in [2.24, 2.45) is 0 Å². The van der Waals surface area contributed by atoms with Gasteiger partial charge in [0.1, 0.15) is 10.7 Å². The zero-order valence-electron chi connectivity index (χ0n) is 12.6. The summed E-state index contributed by atoms with van der Waals surface area (Å²) in [6, 6.07) is 0. The fraction of sp³-hybridized carbons (Fsp3) is 0.615. The van der Waals surface area contributed by atoms with E-state index in [1.165, 1.54) is 18.9 Å². The van der Waals surface area contributed by atoms with Crippen molar-refractivity contribution in [1.29, 1.82) is 0 Å². The minimum atomic E-state index is -0.331. The van der Waals surface area contributed by atoms with Crippen LogP contribution in [0.25, 0.3) is 0 Å². The summed E-state index contributed by atoms with van der Waals surface area (Å²) >= 11 is 7.42. The molecular formula is C13H19ClN4O3S. The van der Waals surface area contributed by atoms with Crippen LogP contribution in [0.3, 0.4) is 0 Å². The lowest BCUT2D eigenvalue weighted by atomic mass is 10.3. The van der Waals surface area contributed by atoms with E-state index in [4.69, 9.17) is 21.1 Å². The Kier molecular flexibility index (Phi) is 6.69. The van der Waals surface area contributed by atoms with Crippen molar-refractivity contribution < 1.29 is 14.3 Å². The van der Waals surface area contributed by atoms with Crippen molar-refractivity contribution in [2.45, 2.75) is 5.16 Å². The normalized spacial score (nSPS) is 15.6. The molecule has 1 fully saturated rings. The lowest BCUT2D eigenvalue weighted by molar-refractivity contribution is 0.0383. The highest BCUT2D eigenvalue weighted by atomic mass is 35.5. The van der Waals surface area contributed by atoms with Gasteiger partial charge >= 0.3 is 0 Å². The lowest BCUT2D eigenvalue weighted by Gasteiger charge is -2.26. The zero-order valence-corrected chi connectivity index (χ0v) is 14.2. The molecule has 0 unspecified atom stereocenters. The largest absolute Gasteiger partial charge is 0.480 e. The van der Waals surface area contributed by atoms with Gasteiger partial charge in [-0.2, -0.15) is 4.98 Å². The van der Waals surface area contributed by atoms with Crippen LogP contribution in [0.1, 0.15) is 10.4 Å². The highest BCUT2D eigenvalue weighted by Gasteiger charge is 2.21. The average Bonchev–Trinajstić information content (AvgIpc) is 2.54. The number of carbonyl (C=O) groups is 1. The number of amides is 1. The van der Waals surface area contributed by atoms with Gasteiger partial charge in [-0.3, -0.25) is 9.69 Å².